The van der Waals surface area contributed by atoms with Crippen LogP contribution in [0.4, 0.5) is 5.82 Å². The summed E-state index contributed by atoms with van der Waals surface area (Å²) in [5.74, 6) is 0.948. The second-order valence-electron chi connectivity index (χ2n) is 5.45. The van der Waals surface area contributed by atoms with Crippen LogP contribution in [0.3, 0.4) is 0 Å². The van der Waals surface area contributed by atoms with Gasteiger partial charge in [0.25, 0.3) is 0 Å². The van der Waals surface area contributed by atoms with Crippen molar-refractivity contribution in [1.82, 2.24) is 4.98 Å². The highest BCUT2D eigenvalue weighted by Crippen LogP contribution is 2.28. The van der Waals surface area contributed by atoms with E-state index >= 15 is 0 Å². The lowest BCUT2D eigenvalue weighted by Crippen LogP contribution is -2.39. The van der Waals surface area contributed by atoms with Crippen LogP contribution in [0.5, 0.6) is 0 Å². The van der Waals surface area contributed by atoms with E-state index in [-0.39, 0.29) is 0 Å². The molecule has 20 heavy (non-hydrogen) atoms. The van der Waals surface area contributed by atoms with Crippen molar-refractivity contribution in [2.45, 2.75) is 32.2 Å². The van der Waals surface area contributed by atoms with Gasteiger partial charge in [0.15, 0.2) is 0 Å². The first-order chi connectivity index (χ1) is 9.66. The number of aromatic nitrogens is 1. The molecule has 0 bridgehead atoms. The zero-order chi connectivity index (χ0) is 14.1. The number of thiocarbonyl (C=S) groups is 1. The molecule has 1 fully saturated rings. The van der Waals surface area contributed by atoms with Gasteiger partial charge in [0.05, 0.1) is 11.1 Å². The summed E-state index contributed by atoms with van der Waals surface area (Å²) in [4.78, 5) is 7.61. The normalized spacial score (nSPS) is 19.2. The minimum atomic E-state index is 0.427. The fourth-order valence-corrected chi connectivity index (χ4v) is 3.07. The van der Waals surface area contributed by atoms with Gasteiger partial charge in [-0.25, -0.2) is 4.98 Å². The molecule has 1 aliphatic heterocycles. The van der Waals surface area contributed by atoms with Crippen molar-refractivity contribution in [3.8, 4) is 0 Å². The first-order valence-corrected chi connectivity index (χ1v) is 7.54. The van der Waals surface area contributed by atoms with Crippen molar-refractivity contribution in [3.05, 3.63) is 35.9 Å². The highest BCUT2D eigenvalue weighted by molar-refractivity contribution is 7.80. The molecule has 1 aromatic heterocycles. The summed E-state index contributed by atoms with van der Waals surface area (Å²) in [7, 11) is 0. The van der Waals surface area contributed by atoms with E-state index in [4.69, 9.17) is 22.9 Å². The molecule has 2 heterocycles. The lowest BCUT2D eigenvalue weighted by Gasteiger charge is -2.35. The van der Waals surface area contributed by atoms with Crippen molar-refractivity contribution < 1.29 is 0 Å². The third kappa shape index (κ3) is 2.36. The van der Waals surface area contributed by atoms with Crippen LogP contribution in [0, 0.1) is 0 Å². The topological polar surface area (TPSA) is 42.2 Å². The summed E-state index contributed by atoms with van der Waals surface area (Å²) in [5, 5.41) is 1.09. The molecule has 1 atom stereocenters. The Morgan fingerprint density at radius 3 is 2.90 bits per heavy atom. The number of nitrogens with two attached hydrogens (primary N) is 1. The molecule has 2 N–H and O–H groups in total. The average molecular weight is 285 g/mol. The molecule has 0 spiro atoms. The van der Waals surface area contributed by atoms with Gasteiger partial charge in [-0.3, -0.25) is 0 Å². The monoisotopic (exact) mass is 285 g/mol. The minimum Gasteiger partial charge on any atom is -0.389 e. The molecule has 1 saturated heterocycles. The van der Waals surface area contributed by atoms with Gasteiger partial charge in [0.2, 0.25) is 0 Å². The first-order valence-electron chi connectivity index (χ1n) is 7.13. The smallest absolute Gasteiger partial charge is 0.139 e. The maximum atomic E-state index is 5.92. The predicted molar refractivity (Wildman–Crippen MR) is 88.3 cm³/mol. The van der Waals surface area contributed by atoms with E-state index in [1.165, 1.54) is 19.3 Å². The Morgan fingerprint density at radius 1 is 1.35 bits per heavy atom. The molecule has 1 aromatic carbocycles. The molecule has 2 aromatic rings. The number of nitrogens with zero attached hydrogens (tertiary/aromatic N) is 2. The third-order valence-electron chi connectivity index (χ3n) is 4.04. The fourth-order valence-electron chi connectivity index (χ4n) is 2.92. The molecule has 0 aliphatic carbocycles. The number of piperidine rings is 1. The maximum Gasteiger partial charge on any atom is 0.139 e. The van der Waals surface area contributed by atoms with Crippen molar-refractivity contribution in [2.24, 2.45) is 5.73 Å². The highest BCUT2D eigenvalue weighted by atomic mass is 32.1. The van der Waals surface area contributed by atoms with Crippen molar-refractivity contribution in [3.63, 3.8) is 0 Å². The molecule has 3 rings (SSSR count). The lowest BCUT2D eigenvalue weighted by molar-refractivity contribution is 0.481. The van der Waals surface area contributed by atoms with Gasteiger partial charge in [-0.1, -0.05) is 30.4 Å². The van der Waals surface area contributed by atoms with Gasteiger partial charge >= 0.3 is 0 Å². The van der Waals surface area contributed by atoms with Crippen LogP contribution in [0.2, 0.25) is 0 Å². The molecule has 0 amide bonds. The maximum absolute atomic E-state index is 5.92. The fraction of sp³-hybridized carbons (Fsp3) is 0.375. The van der Waals surface area contributed by atoms with Crippen molar-refractivity contribution in [1.29, 1.82) is 0 Å². The van der Waals surface area contributed by atoms with Crippen LogP contribution in [0.25, 0.3) is 10.9 Å². The van der Waals surface area contributed by atoms with E-state index in [0.29, 0.717) is 11.0 Å². The van der Waals surface area contributed by atoms with Crippen LogP contribution >= 0.6 is 12.2 Å². The van der Waals surface area contributed by atoms with Gasteiger partial charge in [-0.15, -0.1) is 0 Å². The molecule has 0 radical (unpaired) electrons. The van der Waals surface area contributed by atoms with E-state index in [2.05, 4.69) is 17.9 Å². The van der Waals surface area contributed by atoms with E-state index in [9.17, 15) is 0 Å². The number of pyridine rings is 1. The Kier molecular flexibility index (Phi) is 3.57. The highest BCUT2D eigenvalue weighted by Gasteiger charge is 2.23. The Balaban J connectivity index is 2.16. The Hall–Kier alpha value is -1.68. The molecule has 1 aliphatic rings. The number of rotatable bonds is 2. The molecule has 4 heteroatoms. The molecular formula is C16H19N3S. The second kappa shape index (κ2) is 5.37. The van der Waals surface area contributed by atoms with Gasteiger partial charge in [0, 0.05) is 18.0 Å². The Bertz CT molecular complexity index is 653. The zero-order valence-electron chi connectivity index (χ0n) is 11.7. The Morgan fingerprint density at radius 2 is 2.15 bits per heavy atom. The summed E-state index contributed by atoms with van der Waals surface area (Å²) in [6, 6.07) is 10.7. The third-order valence-corrected chi connectivity index (χ3v) is 4.26. The summed E-state index contributed by atoms with van der Waals surface area (Å²) < 4.78 is 0. The molecule has 104 valence electrons. The van der Waals surface area contributed by atoms with Crippen LogP contribution in [0.15, 0.2) is 30.3 Å². The zero-order valence-corrected chi connectivity index (χ0v) is 12.5. The lowest BCUT2D eigenvalue weighted by atomic mass is 10.0. The molecule has 1 unspecified atom stereocenters. The van der Waals surface area contributed by atoms with Crippen LogP contribution < -0.4 is 10.6 Å². The quantitative estimate of drug-likeness (QED) is 0.860. The first kappa shape index (κ1) is 13.3. The minimum absolute atomic E-state index is 0.427. The molecule has 3 nitrogen and oxygen atoms in total. The average Bonchev–Trinajstić information content (AvgIpc) is 2.46. The number of hydrogen-bond donors (Lipinski definition) is 1. The largest absolute Gasteiger partial charge is 0.389 e. The standard InChI is InChI=1S/C16H19N3S/c1-11-6-4-5-9-19(11)16-13(15(17)20)10-12-7-2-3-8-14(12)18-16/h2-3,7-8,10-11H,4-6,9H2,1H3,(H2,17,20). The molecule has 0 saturated carbocycles. The van der Waals surface area contributed by atoms with Gasteiger partial charge in [-0.2, -0.15) is 0 Å². The Labute approximate surface area is 124 Å². The number of fused-ring (bicyclic) bond motifs is 1. The van der Waals surface area contributed by atoms with E-state index < -0.39 is 0 Å². The number of hydrogen-bond acceptors (Lipinski definition) is 3. The molecular weight excluding hydrogens is 266 g/mol. The summed E-state index contributed by atoms with van der Waals surface area (Å²) in [5.41, 5.74) is 7.82. The van der Waals surface area contributed by atoms with Crippen LogP contribution in [-0.2, 0) is 0 Å². The van der Waals surface area contributed by atoms with Gasteiger partial charge < -0.3 is 10.6 Å². The second-order valence-corrected chi connectivity index (χ2v) is 5.89. The summed E-state index contributed by atoms with van der Waals surface area (Å²) in [6.45, 7) is 3.28. The summed E-state index contributed by atoms with van der Waals surface area (Å²) >= 11 is 5.23. The predicted octanol–water partition coefficient (Wildman–Crippen LogP) is 3.25. The number of anilines is 1. The number of benzene rings is 1. The van der Waals surface area contributed by atoms with E-state index in [1.807, 2.05) is 24.3 Å². The van der Waals surface area contributed by atoms with Crippen LogP contribution in [0.1, 0.15) is 31.7 Å². The SMILES string of the molecule is CC1CCCCN1c1nc2ccccc2cc1C(N)=S. The van der Waals surface area contributed by atoms with Crippen molar-refractivity contribution >= 4 is 33.9 Å². The number of para-hydroxylation sites is 1. The van der Waals surface area contributed by atoms with E-state index in [0.717, 1.165) is 28.8 Å². The van der Waals surface area contributed by atoms with Gasteiger partial charge in [-0.05, 0) is 38.3 Å². The summed E-state index contributed by atoms with van der Waals surface area (Å²) in [6.07, 6.45) is 3.69. The van der Waals surface area contributed by atoms with Crippen molar-refractivity contribution in [2.75, 3.05) is 11.4 Å². The van der Waals surface area contributed by atoms with E-state index in [1.54, 1.807) is 0 Å². The van der Waals surface area contributed by atoms with Crippen LogP contribution in [-0.4, -0.2) is 22.6 Å². The van der Waals surface area contributed by atoms with Gasteiger partial charge in [0.1, 0.15) is 10.8 Å².